The molecule has 1 fully saturated rings. The van der Waals surface area contributed by atoms with Gasteiger partial charge in [0.25, 0.3) is 0 Å². The number of benzene rings is 1. The summed E-state index contributed by atoms with van der Waals surface area (Å²) in [5.41, 5.74) is -0.0547. The van der Waals surface area contributed by atoms with E-state index in [4.69, 9.17) is 4.74 Å². The molecule has 1 aromatic rings. The van der Waals surface area contributed by atoms with Crippen molar-refractivity contribution in [3.63, 3.8) is 0 Å². The minimum atomic E-state index is -1.37. The number of nitrogens with zero attached hydrogens (tertiary/aromatic N) is 4. The molecule has 0 radical (unpaired) electrons. The van der Waals surface area contributed by atoms with E-state index in [-0.39, 0.29) is 50.0 Å². The van der Waals surface area contributed by atoms with Crippen molar-refractivity contribution in [3.05, 3.63) is 35.9 Å². The summed E-state index contributed by atoms with van der Waals surface area (Å²) in [6.07, 6.45) is 1.34. The Balaban J connectivity index is 2.57. The zero-order valence-corrected chi connectivity index (χ0v) is 41.1. The quantitative estimate of drug-likeness (QED) is 0.107. The summed E-state index contributed by atoms with van der Waals surface area (Å²) in [5.74, 6) is -4.95. The Kier molecular flexibility index (Phi) is 22.5. The van der Waals surface area contributed by atoms with Gasteiger partial charge in [-0.3, -0.25) is 38.4 Å². The molecule has 0 aliphatic carbocycles. The van der Waals surface area contributed by atoms with E-state index in [9.17, 15) is 43.5 Å². The smallest absolute Gasteiger partial charge is 0.248 e. The van der Waals surface area contributed by atoms with Gasteiger partial charge in [-0.15, -0.1) is 0 Å². The van der Waals surface area contributed by atoms with Crippen molar-refractivity contribution in [1.29, 1.82) is 0 Å². The Hall–Kier alpha value is -5.10. The second kappa shape index (κ2) is 26.1. The van der Waals surface area contributed by atoms with Crippen molar-refractivity contribution in [1.82, 2.24) is 40.9 Å². The first kappa shape index (κ1) is 56.0. The van der Waals surface area contributed by atoms with E-state index in [0.717, 1.165) is 19.3 Å². The number of hydrogen-bond acceptors (Lipinski definition) is 10. The van der Waals surface area contributed by atoms with Crippen LogP contribution in [-0.2, 0) is 49.5 Å². The van der Waals surface area contributed by atoms with E-state index in [2.05, 4.69) is 21.3 Å². The van der Waals surface area contributed by atoms with Gasteiger partial charge < -0.3 is 50.7 Å². The molecular formula is C47H78N8O10. The van der Waals surface area contributed by atoms with Crippen molar-refractivity contribution in [2.75, 3.05) is 47.9 Å². The fourth-order valence-corrected chi connectivity index (χ4v) is 7.42. The van der Waals surface area contributed by atoms with Crippen molar-refractivity contribution in [2.24, 2.45) is 11.8 Å². The Labute approximate surface area is 386 Å². The Morgan fingerprint density at radius 2 is 1.22 bits per heavy atom. The van der Waals surface area contributed by atoms with Gasteiger partial charge in [0, 0.05) is 54.6 Å². The van der Waals surface area contributed by atoms with E-state index >= 15 is 0 Å². The third-order valence-corrected chi connectivity index (χ3v) is 11.1. The molecular weight excluding hydrogens is 837 g/mol. The lowest BCUT2D eigenvalue weighted by molar-refractivity contribution is -0.147. The summed E-state index contributed by atoms with van der Waals surface area (Å²) in [6.45, 7) is 16.1. The number of carbonyl (C=O) groups is 8. The van der Waals surface area contributed by atoms with Gasteiger partial charge in [0.05, 0.1) is 24.7 Å². The third kappa shape index (κ3) is 18.7. The molecule has 366 valence electrons. The van der Waals surface area contributed by atoms with E-state index in [1.165, 1.54) is 42.6 Å². The van der Waals surface area contributed by atoms with Crippen LogP contribution in [0.2, 0.25) is 0 Å². The van der Waals surface area contributed by atoms with Crippen molar-refractivity contribution in [3.8, 4) is 0 Å². The Bertz CT molecular complexity index is 1760. The molecule has 0 aromatic heterocycles. The van der Waals surface area contributed by atoms with Crippen molar-refractivity contribution >= 4 is 47.3 Å². The van der Waals surface area contributed by atoms with Crippen LogP contribution in [0.25, 0.3) is 0 Å². The van der Waals surface area contributed by atoms with Gasteiger partial charge >= 0.3 is 0 Å². The first-order valence-corrected chi connectivity index (χ1v) is 22.8. The monoisotopic (exact) mass is 915 g/mol. The highest BCUT2D eigenvalue weighted by molar-refractivity contribution is 5.98. The minimum absolute atomic E-state index is 0.0101. The minimum Gasteiger partial charge on any atom is -0.391 e. The Morgan fingerprint density at radius 1 is 0.692 bits per heavy atom. The maximum atomic E-state index is 14.7. The number of likely N-dealkylation sites (tertiary alicyclic amines) is 1. The van der Waals surface area contributed by atoms with Crippen molar-refractivity contribution in [2.45, 2.75) is 155 Å². The number of aliphatic hydroxyl groups excluding tert-OH is 1. The highest BCUT2D eigenvalue weighted by atomic mass is 16.5. The van der Waals surface area contributed by atoms with E-state index in [0.29, 0.717) is 18.7 Å². The summed E-state index contributed by atoms with van der Waals surface area (Å²) in [4.78, 5) is 116. The van der Waals surface area contributed by atoms with Crippen LogP contribution in [0.3, 0.4) is 0 Å². The molecule has 0 bridgehead atoms. The van der Waals surface area contributed by atoms with Gasteiger partial charge in [0.2, 0.25) is 47.3 Å². The number of rotatable bonds is 23. The summed E-state index contributed by atoms with van der Waals surface area (Å²) in [5, 5.41) is 21.2. The molecule has 65 heavy (non-hydrogen) atoms. The largest absolute Gasteiger partial charge is 0.391 e. The molecule has 18 nitrogen and oxygen atoms in total. The van der Waals surface area contributed by atoms with Gasteiger partial charge in [-0.25, -0.2) is 0 Å². The lowest BCUT2D eigenvalue weighted by atomic mass is 9.97. The second-order valence-electron chi connectivity index (χ2n) is 19.3. The van der Waals surface area contributed by atoms with Crippen LogP contribution >= 0.6 is 0 Å². The summed E-state index contributed by atoms with van der Waals surface area (Å²) in [6, 6.07) is 1.56. The highest BCUT2D eigenvalue weighted by Gasteiger charge is 2.39. The normalized spacial score (nSPS) is 16.2. The van der Waals surface area contributed by atoms with Gasteiger partial charge in [0.15, 0.2) is 0 Å². The van der Waals surface area contributed by atoms with Crippen LogP contribution in [0.5, 0.6) is 0 Å². The van der Waals surface area contributed by atoms with E-state index < -0.39 is 89.3 Å². The molecule has 0 unspecified atom stereocenters. The first-order valence-electron chi connectivity index (χ1n) is 22.8. The zero-order valence-electron chi connectivity index (χ0n) is 41.1. The molecule has 0 spiro atoms. The number of aliphatic hydroxyl groups is 1. The topological polar surface area (TPSA) is 227 Å². The lowest BCUT2D eigenvalue weighted by Gasteiger charge is -2.35. The maximum Gasteiger partial charge on any atom is 0.248 e. The van der Waals surface area contributed by atoms with Gasteiger partial charge in [-0.2, -0.15) is 0 Å². The number of carbonyl (C=O) groups excluding carboxylic acids is 8. The summed E-state index contributed by atoms with van der Waals surface area (Å²) >= 11 is 0. The third-order valence-electron chi connectivity index (χ3n) is 11.1. The first-order chi connectivity index (χ1) is 30.2. The maximum absolute atomic E-state index is 14.7. The average molecular weight is 915 g/mol. The summed E-state index contributed by atoms with van der Waals surface area (Å²) in [7, 11) is 5.96. The number of hydrogen-bond donors (Lipinski definition) is 5. The second-order valence-corrected chi connectivity index (χ2v) is 19.3. The van der Waals surface area contributed by atoms with Crippen LogP contribution in [0.15, 0.2) is 30.3 Å². The molecule has 7 atom stereocenters. The average Bonchev–Trinajstić information content (AvgIpc) is 3.23. The lowest BCUT2D eigenvalue weighted by Crippen LogP contribution is -2.62. The zero-order chi connectivity index (χ0) is 49.3. The van der Waals surface area contributed by atoms with Crippen LogP contribution in [0.4, 0.5) is 0 Å². The fourth-order valence-electron chi connectivity index (χ4n) is 7.42. The number of nitrogens with one attached hydrogen (secondary N) is 4. The van der Waals surface area contributed by atoms with E-state index in [1.807, 2.05) is 33.8 Å². The number of piperidine rings is 1. The molecule has 0 saturated carbocycles. The predicted octanol–water partition coefficient (Wildman–Crippen LogP) is 1.62. The molecule has 8 amide bonds. The number of amides is 8. The van der Waals surface area contributed by atoms with Crippen LogP contribution in [0, 0.1) is 11.8 Å². The molecule has 2 rings (SSSR count). The van der Waals surface area contributed by atoms with Gasteiger partial charge in [0.1, 0.15) is 36.3 Å². The van der Waals surface area contributed by atoms with Crippen molar-refractivity contribution < 1.29 is 48.2 Å². The fraction of sp³-hybridized carbons (Fsp3) is 0.702. The molecule has 1 aliphatic heterocycles. The van der Waals surface area contributed by atoms with Crippen LogP contribution in [-0.4, -0.2) is 168 Å². The number of ether oxygens (including phenoxy) is 1. The molecule has 1 saturated heterocycles. The number of likely N-dealkylation sites (N-methyl/N-ethyl adjacent to an activating group) is 2. The SMILES string of the molecule is CC(=O)N[C@H](C(=O)N(C)[C@@H](CC(C)C)C(=O)N[C@@H](CC(C)C)C(=O)N(C)[C@@H](Cc1ccccc1)C(=O)N[C@@H](COC(C)(C)C)C(=O)N[C@@H](CC(=O)N(C)C)C(=O)N1CCCCC1)[C@@H](C)O. The molecule has 18 heteroatoms. The van der Waals surface area contributed by atoms with Gasteiger partial charge in [-0.05, 0) is 77.2 Å². The standard InChI is InChI=1S/C47H78N8O10/c1-29(2)24-34(50-42(60)37(25-30(3)4)54(13)46(64)40(31(5)56)48-32(6)57)44(62)53(12)38(26-33-20-16-14-17-21-33)43(61)51-36(28-65-47(7,8)9)41(59)49-35(27-39(58)52(10)11)45(63)55-22-18-15-19-23-55/h14,16-17,20-21,29-31,34-38,40,56H,15,18-19,22-28H2,1-13H3,(H,48,57)(H,49,59)(H,50,60)(H,51,61)/t31-,34+,35+,36+,37+,38+,40+/m1/s1. The van der Waals surface area contributed by atoms with Crippen LogP contribution in [0.1, 0.15) is 106 Å². The molecule has 1 aliphatic rings. The summed E-state index contributed by atoms with van der Waals surface area (Å²) < 4.78 is 6.02. The van der Waals surface area contributed by atoms with E-state index in [1.54, 1.807) is 64.0 Å². The molecule has 5 N–H and O–H groups in total. The molecule has 1 aromatic carbocycles. The predicted molar refractivity (Wildman–Crippen MR) is 247 cm³/mol. The molecule has 1 heterocycles. The Morgan fingerprint density at radius 3 is 1.72 bits per heavy atom. The highest BCUT2D eigenvalue weighted by Crippen LogP contribution is 2.19. The van der Waals surface area contributed by atoms with Gasteiger partial charge in [-0.1, -0.05) is 58.0 Å². The van der Waals surface area contributed by atoms with Crippen LogP contribution < -0.4 is 21.3 Å².